The summed E-state index contributed by atoms with van der Waals surface area (Å²) in [4.78, 5) is 14.9. The molecule has 0 aliphatic carbocycles. The van der Waals surface area contributed by atoms with Crippen LogP contribution in [-0.4, -0.2) is 25.1 Å². The lowest BCUT2D eigenvalue weighted by Crippen LogP contribution is -2.26. The summed E-state index contributed by atoms with van der Waals surface area (Å²) in [6.07, 6.45) is 0. The molecule has 0 aliphatic rings. The van der Waals surface area contributed by atoms with Crippen LogP contribution in [0.1, 0.15) is 10.5 Å². The van der Waals surface area contributed by atoms with Crippen molar-refractivity contribution in [1.29, 1.82) is 0 Å². The van der Waals surface area contributed by atoms with Crippen molar-refractivity contribution in [3.8, 4) is 5.75 Å². The zero-order chi connectivity index (χ0) is 18.2. The van der Waals surface area contributed by atoms with Gasteiger partial charge >= 0.3 is 0 Å². The average Bonchev–Trinajstić information content (AvgIpc) is 3.00. The maximum atomic E-state index is 13.9. The predicted octanol–water partition coefficient (Wildman–Crippen LogP) is 2.80. The first kappa shape index (κ1) is 17.5. The molecule has 0 radical (unpaired) electrons. The summed E-state index contributed by atoms with van der Waals surface area (Å²) in [6, 6.07) is 11.8. The summed E-state index contributed by atoms with van der Waals surface area (Å²) in [5.74, 6) is -0.353. The second-order valence-electron chi connectivity index (χ2n) is 5.31. The zero-order valence-corrected chi connectivity index (χ0v) is 15.2. The number of benzene rings is 2. The number of hydrogen-bond acceptors (Lipinski definition) is 4. The molecule has 1 aromatic heterocycles. The Morgan fingerprint density at radius 3 is 2.56 bits per heavy atom. The third-order valence-electron chi connectivity index (χ3n) is 3.93. The lowest BCUT2D eigenvalue weighted by molar-refractivity contribution is 0.0997. The van der Waals surface area contributed by atoms with Gasteiger partial charge in [-0.25, -0.2) is 0 Å². The van der Waals surface area contributed by atoms with Gasteiger partial charge in [0.15, 0.2) is 0 Å². The molecule has 0 spiro atoms. The van der Waals surface area contributed by atoms with Crippen LogP contribution >= 0.6 is 19.0 Å². The van der Waals surface area contributed by atoms with Crippen LogP contribution in [0.2, 0.25) is 5.02 Å². The quantitative estimate of drug-likeness (QED) is 0.667. The Hall–Kier alpha value is -2.27. The number of fused-ring (bicyclic) bond motifs is 1. The summed E-state index contributed by atoms with van der Waals surface area (Å²) in [7, 11) is -0.891. The minimum atomic E-state index is -3.68. The first-order chi connectivity index (χ1) is 11.9. The molecule has 0 saturated heterocycles. The lowest BCUT2D eigenvalue weighted by atomic mass is 10.2. The van der Waals surface area contributed by atoms with Crippen LogP contribution in [0.3, 0.4) is 0 Å². The number of H-pyrrole nitrogens is 1. The number of carbonyl (C=O) groups is 1. The highest BCUT2D eigenvalue weighted by atomic mass is 35.5. The maximum Gasteiger partial charge on any atom is 0.267 e. The average molecular weight is 379 g/mol. The molecule has 6 nitrogen and oxygen atoms in total. The van der Waals surface area contributed by atoms with Crippen molar-refractivity contribution >= 4 is 46.4 Å². The molecule has 0 bridgehead atoms. The van der Waals surface area contributed by atoms with Crippen LogP contribution < -0.4 is 21.1 Å². The molecule has 8 heteroatoms. The van der Waals surface area contributed by atoms with E-state index >= 15 is 0 Å². The van der Waals surface area contributed by atoms with Gasteiger partial charge in [0.25, 0.3) is 13.3 Å². The third kappa shape index (κ3) is 2.82. The van der Waals surface area contributed by atoms with Gasteiger partial charge in [-0.05, 0) is 30.3 Å². The van der Waals surface area contributed by atoms with E-state index in [1.54, 1.807) is 42.5 Å². The predicted molar refractivity (Wildman–Crippen MR) is 98.7 cm³/mol. The number of halogens is 1. The Bertz CT molecular complexity index is 1020. The molecule has 0 fully saturated rings. The smallest absolute Gasteiger partial charge is 0.267 e. The maximum absolute atomic E-state index is 13.9. The first-order valence-electron chi connectivity index (χ1n) is 7.33. The van der Waals surface area contributed by atoms with Crippen LogP contribution in [0.25, 0.3) is 10.9 Å². The Balaban J connectivity index is 2.43. The minimum absolute atomic E-state index is 0.0216. The summed E-state index contributed by atoms with van der Waals surface area (Å²) in [5, 5.41) is 1.47. The molecule has 3 N–H and O–H groups in total. The van der Waals surface area contributed by atoms with E-state index < -0.39 is 13.3 Å². The Morgan fingerprint density at radius 2 is 1.92 bits per heavy atom. The highest BCUT2D eigenvalue weighted by Gasteiger charge is 2.37. The number of carbonyl (C=O) groups excluding carboxylic acids is 1. The van der Waals surface area contributed by atoms with E-state index in [1.807, 2.05) is 0 Å². The van der Waals surface area contributed by atoms with Gasteiger partial charge in [-0.15, -0.1) is 0 Å². The van der Waals surface area contributed by atoms with E-state index in [4.69, 9.17) is 26.6 Å². The number of primary amides is 1. The van der Waals surface area contributed by atoms with Gasteiger partial charge in [-0.1, -0.05) is 23.7 Å². The summed E-state index contributed by atoms with van der Waals surface area (Å²) < 4.78 is 24.7. The largest absolute Gasteiger partial charge is 0.496 e. The SMILES string of the molecule is COc1ccccc1P(=O)(OC)c1c(C(N)=O)[nH]c2ccc(Cl)cc12. The van der Waals surface area contributed by atoms with Crippen molar-refractivity contribution in [2.75, 3.05) is 14.2 Å². The molecule has 130 valence electrons. The van der Waals surface area contributed by atoms with E-state index in [0.717, 1.165) is 0 Å². The first-order valence-corrected chi connectivity index (χ1v) is 9.33. The molecule has 1 heterocycles. The highest BCUT2D eigenvalue weighted by Crippen LogP contribution is 2.49. The van der Waals surface area contributed by atoms with Gasteiger partial charge in [-0.3, -0.25) is 9.36 Å². The Labute approximate surface area is 149 Å². The number of para-hydroxylation sites is 1. The van der Waals surface area contributed by atoms with E-state index in [1.165, 1.54) is 14.2 Å². The van der Waals surface area contributed by atoms with E-state index in [2.05, 4.69) is 4.98 Å². The highest BCUT2D eigenvalue weighted by molar-refractivity contribution is 7.75. The number of rotatable bonds is 5. The molecule has 1 amide bonds. The second kappa shape index (κ2) is 6.56. The monoisotopic (exact) mass is 378 g/mol. The van der Waals surface area contributed by atoms with E-state index in [9.17, 15) is 9.36 Å². The number of nitrogens with two attached hydrogens (primary N) is 1. The number of hydrogen-bond donors (Lipinski definition) is 2. The van der Waals surface area contributed by atoms with E-state index in [-0.39, 0.29) is 11.0 Å². The summed E-state index contributed by atoms with van der Waals surface area (Å²) in [5.41, 5.74) is 6.11. The Morgan fingerprint density at radius 1 is 1.20 bits per heavy atom. The van der Waals surface area contributed by atoms with Crippen molar-refractivity contribution in [3.05, 3.63) is 53.2 Å². The number of ether oxygens (including phenoxy) is 1. The molecule has 1 unspecified atom stereocenters. The number of aromatic nitrogens is 1. The van der Waals surface area contributed by atoms with Gasteiger partial charge in [0.05, 0.1) is 17.7 Å². The van der Waals surface area contributed by atoms with Crippen molar-refractivity contribution in [2.45, 2.75) is 0 Å². The van der Waals surface area contributed by atoms with Gasteiger partial charge in [0.1, 0.15) is 11.4 Å². The van der Waals surface area contributed by atoms with Gasteiger partial charge in [0, 0.05) is 23.0 Å². The van der Waals surface area contributed by atoms with Crippen molar-refractivity contribution in [1.82, 2.24) is 4.98 Å². The number of aromatic amines is 1. The molecule has 3 rings (SSSR count). The molecule has 0 aliphatic heterocycles. The fourth-order valence-electron chi connectivity index (χ4n) is 2.82. The molecule has 1 atom stereocenters. The zero-order valence-electron chi connectivity index (χ0n) is 13.6. The number of amides is 1. The molecule has 0 saturated carbocycles. The van der Waals surface area contributed by atoms with Crippen LogP contribution in [0, 0.1) is 0 Å². The molecular weight excluding hydrogens is 363 g/mol. The standard InChI is InChI=1S/C17H16ClN2O4P/c1-23-13-5-3-4-6-14(13)25(22,24-2)16-11-9-10(18)7-8-12(11)20-15(16)17(19)21/h3-9,20H,1-2H3,(H2,19,21). The molecule has 3 aromatic rings. The number of nitrogens with one attached hydrogen (secondary N) is 1. The van der Waals surface area contributed by atoms with Gasteiger partial charge in [-0.2, -0.15) is 0 Å². The molecular formula is C17H16ClN2O4P. The van der Waals surface area contributed by atoms with Crippen LogP contribution in [0.15, 0.2) is 42.5 Å². The van der Waals surface area contributed by atoms with Crippen LogP contribution in [0.4, 0.5) is 0 Å². The van der Waals surface area contributed by atoms with E-state index in [0.29, 0.717) is 27.0 Å². The summed E-state index contributed by atoms with van der Waals surface area (Å²) in [6.45, 7) is 0. The van der Waals surface area contributed by atoms with Crippen molar-refractivity contribution < 1.29 is 18.6 Å². The third-order valence-corrected chi connectivity index (χ3v) is 6.74. The van der Waals surface area contributed by atoms with Gasteiger partial charge < -0.3 is 20.0 Å². The molecule has 25 heavy (non-hydrogen) atoms. The summed E-state index contributed by atoms with van der Waals surface area (Å²) >= 11 is 6.09. The minimum Gasteiger partial charge on any atom is -0.496 e. The topological polar surface area (TPSA) is 94.4 Å². The van der Waals surface area contributed by atoms with Crippen LogP contribution in [0.5, 0.6) is 5.75 Å². The second-order valence-corrected chi connectivity index (χ2v) is 8.14. The lowest BCUT2D eigenvalue weighted by Gasteiger charge is -2.19. The van der Waals surface area contributed by atoms with Gasteiger partial charge in [0.2, 0.25) is 0 Å². The number of methoxy groups -OCH3 is 1. The fraction of sp³-hybridized carbons (Fsp3) is 0.118. The van der Waals surface area contributed by atoms with Crippen molar-refractivity contribution in [2.24, 2.45) is 5.73 Å². The Kier molecular flexibility index (Phi) is 4.60. The normalized spacial score (nSPS) is 13.6. The van der Waals surface area contributed by atoms with Crippen molar-refractivity contribution in [3.63, 3.8) is 0 Å². The van der Waals surface area contributed by atoms with Crippen LogP contribution in [-0.2, 0) is 9.09 Å². The fourth-order valence-corrected chi connectivity index (χ4v) is 5.31. The molecule has 2 aromatic carbocycles.